The standard InChI is InChI=1S/C18H26N6O.HI/c1-19-18(21-14-17-7-8-22-23(17)2)20-13-15-3-5-16(6-4-15)24-9-11-25-12-10-24;/h3-8H,9-14H2,1-2H3,(H2,19,20,21);1H. The molecule has 1 aliphatic rings. The molecular formula is C18H27IN6O. The zero-order valence-electron chi connectivity index (χ0n) is 15.3. The summed E-state index contributed by atoms with van der Waals surface area (Å²) in [5, 5.41) is 10.8. The molecule has 0 atom stereocenters. The summed E-state index contributed by atoms with van der Waals surface area (Å²) in [6.07, 6.45) is 1.79. The summed E-state index contributed by atoms with van der Waals surface area (Å²) in [7, 11) is 3.71. The van der Waals surface area contributed by atoms with Crippen molar-refractivity contribution in [2.45, 2.75) is 13.1 Å². The predicted molar refractivity (Wildman–Crippen MR) is 115 cm³/mol. The lowest BCUT2D eigenvalue weighted by Crippen LogP contribution is -2.37. The summed E-state index contributed by atoms with van der Waals surface area (Å²) in [5.41, 5.74) is 3.59. The van der Waals surface area contributed by atoms with Crippen LogP contribution in [0.3, 0.4) is 0 Å². The second-order valence-electron chi connectivity index (χ2n) is 5.99. The summed E-state index contributed by atoms with van der Waals surface area (Å²) in [6.45, 7) is 4.95. The molecule has 3 rings (SSSR count). The molecule has 2 aromatic rings. The molecule has 0 radical (unpaired) electrons. The molecular weight excluding hydrogens is 443 g/mol. The van der Waals surface area contributed by atoms with Crippen LogP contribution in [-0.2, 0) is 24.9 Å². The van der Waals surface area contributed by atoms with Crippen molar-refractivity contribution >= 4 is 35.6 Å². The number of hydrogen-bond acceptors (Lipinski definition) is 4. The molecule has 0 unspecified atom stereocenters. The van der Waals surface area contributed by atoms with Gasteiger partial charge in [0, 0.05) is 45.6 Å². The molecule has 26 heavy (non-hydrogen) atoms. The summed E-state index contributed by atoms with van der Waals surface area (Å²) < 4.78 is 7.25. The lowest BCUT2D eigenvalue weighted by atomic mass is 10.2. The zero-order chi connectivity index (χ0) is 17.5. The minimum absolute atomic E-state index is 0. The lowest BCUT2D eigenvalue weighted by molar-refractivity contribution is 0.122. The van der Waals surface area contributed by atoms with Crippen molar-refractivity contribution in [2.24, 2.45) is 12.0 Å². The number of morpholine rings is 1. The third kappa shape index (κ3) is 5.60. The maximum absolute atomic E-state index is 5.40. The molecule has 1 fully saturated rings. The van der Waals surface area contributed by atoms with Gasteiger partial charge in [0.1, 0.15) is 0 Å². The second kappa shape index (κ2) is 10.4. The Labute approximate surface area is 171 Å². The first-order chi connectivity index (χ1) is 12.3. The van der Waals surface area contributed by atoms with E-state index >= 15 is 0 Å². The minimum Gasteiger partial charge on any atom is -0.378 e. The summed E-state index contributed by atoms with van der Waals surface area (Å²) in [4.78, 5) is 6.62. The van der Waals surface area contributed by atoms with Crippen molar-refractivity contribution in [3.8, 4) is 0 Å². The Bertz CT molecular complexity index is 694. The number of hydrogen-bond donors (Lipinski definition) is 2. The molecule has 1 aliphatic heterocycles. The van der Waals surface area contributed by atoms with E-state index in [2.05, 4.69) is 49.9 Å². The third-order valence-corrected chi connectivity index (χ3v) is 4.36. The van der Waals surface area contributed by atoms with Crippen LogP contribution in [0.4, 0.5) is 5.69 Å². The molecule has 1 aromatic heterocycles. The minimum atomic E-state index is 0. The zero-order valence-corrected chi connectivity index (χ0v) is 17.6. The van der Waals surface area contributed by atoms with E-state index in [0.717, 1.165) is 44.5 Å². The number of nitrogens with one attached hydrogen (secondary N) is 2. The molecule has 0 bridgehead atoms. The van der Waals surface area contributed by atoms with Crippen molar-refractivity contribution in [3.63, 3.8) is 0 Å². The van der Waals surface area contributed by atoms with Crippen LogP contribution in [0.5, 0.6) is 0 Å². The molecule has 8 heteroatoms. The SMILES string of the molecule is CN=C(NCc1ccc(N2CCOCC2)cc1)NCc1ccnn1C.I. The Morgan fingerprint density at radius 1 is 1.12 bits per heavy atom. The number of benzene rings is 1. The van der Waals surface area contributed by atoms with Gasteiger partial charge in [-0.1, -0.05) is 12.1 Å². The highest BCUT2D eigenvalue weighted by Gasteiger charge is 2.10. The van der Waals surface area contributed by atoms with Gasteiger partial charge in [-0.3, -0.25) is 9.67 Å². The summed E-state index contributed by atoms with van der Waals surface area (Å²) in [6, 6.07) is 10.7. The number of nitrogens with zero attached hydrogens (tertiary/aromatic N) is 4. The van der Waals surface area contributed by atoms with Gasteiger partial charge in [-0.15, -0.1) is 24.0 Å². The molecule has 2 N–H and O–H groups in total. The normalized spacial score (nSPS) is 14.7. The van der Waals surface area contributed by atoms with Gasteiger partial charge in [0.15, 0.2) is 5.96 Å². The molecule has 142 valence electrons. The number of aromatic nitrogens is 2. The van der Waals surface area contributed by atoms with Gasteiger partial charge in [-0.25, -0.2) is 0 Å². The number of aliphatic imine (C=N–C) groups is 1. The fourth-order valence-corrected chi connectivity index (χ4v) is 2.80. The average molecular weight is 470 g/mol. The Morgan fingerprint density at radius 3 is 2.42 bits per heavy atom. The molecule has 2 heterocycles. The number of halogens is 1. The van der Waals surface area contributed by atoms with Crippen molar-refractivity contribution in [2.75, 3.05) is 38.3 Å². The molecule has 0 amide bonds. The molecule has 0 saturated carbocycles. The number of aryl methyl sites for hydroxylation is 1. The second-order valence-corrected chi connectivity index (χ2v) is 5.99. The van der Waals surface area contributed by atoms with Crippen molar-refractivity contribution < 1.29 is 4.74 Å². The fraction of sp³-hybridized carbons (Fsp3) is 0.444. The number of guanidine groups is 1. The van der Waals surface area contributed by atoms with Gasteiger partial charge in [0.25, 0.3) is 0 Å². The Hall–Kier alpha value is -1.81. The van der Waals surface area contributed by atoms with E-state index in [1.54, 1.807) is 13.2 Å². The Kier molecular flexibility index (Phi) is 8.17. The monoisotopic (exact) mass is 470 g/mol. The number of rotatable bonds is 5. The Morgan fingerprint density at radius 2 is 1.81 bits per heavy atom. The predicted octanol–water partition coefficient (Wildman–Crippen LogP) is 1.74. The fourth-order valence-electron chi connectivity index (χ4n) is 2.80. The van der Waals surface area contributed by atoms with Crippen LogP contribution in [-0.4, -0.2) is 49.1 Å². The van der Waals surface area contributed by atoms with Crippen LogP contribution >= 0.6 is 24.0 Å². The van der Waals surface area contributed by atoms with Crippen molar-refractivity contribution in [1.29, 1.82) is 0 Å². The van der Waals surface area contributed by atoms with Crippen molar-refractivity contribution in [3.05, 3.63) is 47.8 Å². The highest BCUT2D eigenvalue weighted by Crippen LogP contribution is 2.16. The van der Waals surface area contributed by atoms with E-state index in [4.69, 9.17) is 4.74 Å². The van der Waals surface area contributed by atoms with Crippen LogP contribution in [0.1, 0.15) is 11.3 Å². The maximum atomic E-state index is 5.40. The number of ether oxygens (including phenoxy) is 1. The molecule has 1 saturated heterocycles. The maximum Gasteiger partial charge on any atom is 0.191 e. The number of anilines is 1. The van der Waals surface area contributed by atoms with E-state index in [-0.39, 0.29) is 24.0 Å². The van der Waals surface area contributed by atoms with Gasteiger partial charge in [-0.2, -0.15) is 5.10 Å². The van der Waals surface area contributed by atoms with Crippen LogP contribution in [0, 0.1) is 0 Å². The van der Waals surface area contributed by atoms with Gasteiger partial charge >= 0.3 is 0 Å². The average Bonchev–Trinajstić information content (AvgIpc) is 3.08. The van der Waals surface area contributed by atoms with Crippen LogP contribution in [0.25, 0.3) is 0 Å². The first-order valence-electron chi connectivity index (χ1n) is 8.59. The van der Waals surface area contributed by atoms with Crippen molar-refractivity contribution in [1.82, 2.24) is 20.4 Å². The molecule has 0 aliphatic carbocycles. The smallest absolute Gasteiger partial charge is 0.191 e. The third-order valence-electron chi connectivity index (χ3n) is 4.36. The molecule has 7 nitrogen and oxygen atoms in total. The van der Waals surface area contributed by atoms with Gasteiger partial charge in [-0.05, 0) is 23.8 Å². The van der Waals surface area contributed by atoms with Crippen LogP contribution < -0.4 is 15.5 Å². The summed E-state index contributed by atoms with van der Waals surface area (Å²) >= 11 is 0. The van der Waals surface area contributed by atoms with E-state index in [0.29, 0.717) is 6.54 Å². The topological polar surface area (TPSA) is 66.7 Å². The van der Waals surface area contributed by atoms with Gasteiger partial charge < -0.3 is 20.3 Å². The molecule has 1 aromatic carbocycles. The van der Waals surface area contributed by atoms with E-state index in [1.807, 2.05) is 17.8 Å². The first-order valence-corrected chi connectivity index (χ1v) is 8.59. The van der Waals surface area contributed by atoms with Crippen LogP contribution in [0.2, 0.25) is 0 Å². The molecule has 0 spiro atoms. The Balaban J connectivity index is 0.00000243. The first kappa shape index (κ1) is 20.5. The summed E-state index contributed by atoms with van der Waals surface area (Å²) in [5.74, 6) is 0.776. The van der Waals surface area contributed by atoms with E-state index < -0.39 is 0 Å². The lowest BCUT2D eigenvalue weighted by Gasteiger charge is -2.28. The van der Waals surface area contributed by atoms with Gasteiger partial charge in [0.2, 0.25) is 0 Å². The highest BCUT2D eigenvalue weighted by molar-refractivity contribution is 14.0. The van der Waals surface area contributed by atoms with E-state index in [1.165, 1.54) is 11.3 Å². The van der Waals surface area contributed by atoms with E-state index in [9.17, 15) is 0 Å². The quantitative estimate of drug-likeness (QED) is 0.396. The largest absolute Gasteiger partial charge is 0.378 e. The highest BCUT2D eigenvalue weighted by atomic mass is 127. The van der Waals surface area contributed by atoms with Gasteiger partial charge in [0.05, 0.1) is 25.5 Å². The van der Waals surface area contributed by atoms with Crippen LogP contribution in [0.15, 0.2) is 41.5 Å².